The SMILES string of the molecule is O=C(N[C@@H]1COC[C@@H]1O)c1cc(-c2ccc(Cl)cc2)nn(-c2cncc(F)c2)c1=O. The number of pyridine rings is 1. The van der Waals surface area contributed by atoms with E-state index in [1.807, 2.05) is 0 Å². The zero-order valence-corrected chi connectivity index (χ0v) is 16.2. The third-order valence-electron chi connectivity index (χ3n) is 4.60. The van der Waals surface area contributed by atoms with Gasteiger partial charge in [0.05, 0.1) is 49.1 Å². The molecule has 10 heteroatoms. The molecule has 154 valence electrons. The fourth-order valence-electron chi connectivity index (χ4n) is 3.04. The van der Waals surface area contributed by atoms with E-state index in [0.717, 1.165) is 16.9 Å². The highest BCUT2D eigenvalue weighted by Gasteiger charge is 2.29. The smallest absolute Gasteiger partial charge is 0.284 e. The zero-order valence-electron chi connectivity index (χ0n) is 15.5. The Morgan fingerprint density at radius 1 is 1.23 bits per heavy atom. The highest BCUT2D eigenvalue weighted by Crippen LogP contribution is 2.20. The quantitative estimate of drug-likeness (QED) is 0.651. The van der Waals surface area contributed by atoms with E-state index in [9.17, 15) is 19.1 Å². The van der Waals surface area contributed by atoms with Gasteiger partial charge in [0.2, 0.25) is 0 Å². The lowest BCUT2D eigenvalue weighted by Crippen LogP contribution is -2.44. The van der Waals surface area contributed by atoms with Gasteiger partial charge in [-0.3, -0.25) is 14.6 Å². The Hall–Kier alpha value is -3.14. The first-order valence-corrected chi connectivity index (χ1v) is 9.38. The van der Waals surface area contributed by atoms with Gasteiger partial charge < -0.3 is 15.2 Å². The first kappa shape index (κ1) is 20.1. The van der Waals surface area contributed by atoms with E-state index >= 15 is 0 Å². The minimum absolute atomic E-state index is 0.0640. The van der Waals surface area contributed by atoms with E-state index in [4.69, 9.17) is 16.3 Å². The Morgan fingerprint density at radius 3 is 2.67 bits per heavy atom. The van der Waals surface area contributed by atoms with E-state index in [0.29, 0.717) is 16.3 Å². The highest BCUT2D eigenvalue weighted by molar-refractivity contribution is 6.30. The summed E-state index contributed by atoms with van der Waals surface area (Å²) in [6.07, 6.45) is 1.38. The molecule has 1 aliphatic heterocycles. The molecule has 2 aromatic heterocycles. The maximum Gasteiger partial charge on any atom is 0.284 e. The Kier molecular flexibility index (Phi) is 5.58. The fourth-order valence-corrected chi connectivity index (χ4v) is 3.16. The first-order valence-electron chi connectivity index (χ1n) is 9.00. The standard InChI is InChI=1S/C20H16ClFN4O4/c21-12-3-1-11(2-4-12)16-6-15(19(28)24-17-9-30-10-18(17)27)20(29)26(25-16)14-5-13(22)7-23-8-14/h1-8,17-18,27H,9-10H2,(H,24,28)/t17-,18+/m1/s1. The fraction of sp³-hybridized carbons (Fsp3) is 0.200. The maximum atomic E-state index is 13.7. The van der Waals surface area contributed by atoms with E-state index in [-0.39, 0.29) is 24.5 Å². The molecule has 0 aliphatic carbocycles. The molecule has 3 heterocycles. The first-order chi connectivity index (χ1) is 14.4. The van der Waals surface area contributed by atoms with Crippen molar-refractivity contribution in [1.29, 1.82) is 0 Å². The number of hydrogen-bond acceptors (Lipinski definition) is 6. The van der Waals surface area contributed by atoms with E-state index < -0.39 is 29.4 Å². The van der Waals surface area contributed by atoms with Crippen LogP contribution in [0.4, 0.5) is 4.39 Å². The Bertz CT molecular complexity index is 1150. The van der Waals surface area contributed by atoms with Gasteiger partial charge in [0, 0.05) is 16.7 Å². The van der Waals surface area contributed by atoms with Crippen LogP contribution in [-0.2, 0) is 4.74 Å². The van der Waals surface area contributed by atoms with Crippen molar-refractivity contribution < 1.29 is 19.0 Å². The molecular formula is C20H16ClFN4O4. The molecule has 0 bridgehead atoms. The molecule has 0 spiro atoms. The summed E-state index contributed by atoms with van der Waals surface area (Å²) in [5.41, 5.74) is -0.0295. The molecule has 1 aliphatic rings. The molecule has 8 nitrogen and oxygen atoms in total. The van der Waals surface area contributed by atoms with Crippen molar-refractivity contribution in [3.8, 4) is 16.9 Å². The van der Waals surface area contributed by atoms with Crippen LogP contribution in [0.15, 0.2) is 53.6 Å². The predicted molar refractivity (Wildman–Crippen MR) is 106 cm³/mol. The summed E-state index contributed by atoms with van der Waals surface area (Å²) in [5, 5.41) is 17.3. The van der Waals surface area contributed by atoms with Gasteiger partial charge in [0.1, 0.15) is 11.4 Å². The molecule has 0 saturated carbocycles. The number of nitrogens with one attached hydrogen (secondary N) is 1. The van der Waals surface area contributed by atoms with E-state index in [1.54, 1.807) is 24.3 Å². The van der Waals surface area contributed by atoms with Crippen LogP contribution in [0, 0.1) is 5.82 Å². The topological polar surface area (TPSA) is 106 Å². The Balaban J connectivity index is 1.82. The van der Waals surface area contributed by atoms with Crippen LogP contribution >= 0.6 is 11.6 Å². The van der Waals surface area contributed by atoms with Crippen LogP contribution in [-0.4, -0.2) is 51.1 Å². The number of hydrogen-bond donors (Lipinski definition) is 2. The number of carbonyl (C=O) groups is 1. The number of nitrogens with zero attached hydrogens (tertiary/aromatic N) is 3. The number of amides is 1. The number of rotatable bonds is 4. The van der Waals surface area contributed by atoms with Crippen molar-refractivity contribution in [2.75, 3.05) is 13.2 Å². The normalized spacial score (nSPS) is 18.4. The van der Waals surface area contributed by atoms with Gasteiger partial charge >= 0.3 is 0 Å². The summed E-state index contributed by atoms with van der Waals surface area (Å²) < 4.78 is 19.7. The minimum atomic E-state index is -0.874. The molecule has 0 unspecified atom stereocenters. The maximum absolute atomic E-state index is 13.7. The van der Waals surface area contributed by atoms with Gasteiger partial charge in [-0.05, 0) is 18.2 Å². The van der Waals surface area contributed by atoms with Crippen molar-refractivity contribution in [2.24, 2.45) is 0 Å². The van der Waals surface area contributed by atoms with Crippen molar-refractivity contribution in [3.05, 3.63) is 75.5 Å². The molecule has 1 fully saturated rings. The number of aliphatic hydroxyl groups is 1. The summed E-state index contributed by atoms with van der Waals surface area (Å²) in [6.45, 7) is 0.223. The monoisotopic (exact) mass is 430 g/mol. The second kappa shape index (κ2) is 8.31. The number of halogens is 2. The lowest BCUT2D eigenvalue weighted by molar-refractivity contribution is 0.0884. The van der Waals surface area contributed by atoms with Crippen LogP contribution in [0.2, 0.25) is 5.02 Å². The summed E-state index contributed by atoms with van der Waals surface area (Å²) in [4.78, 5) is 29.6. The Labute approximate surface area is 174 Å². The molecule has 2 N–H and O–H groups in total. The second-order valence-corrected chi connectivity index (χ2v) is 7.15. The molecule has 30 heavy (non-hydrogen) atoms. The van der Waals surface area contributed by atoms with Crippen LogP contribution in [0.25, 0.3) is 16.9 Å². The lowest BCUT2D eigenvalue weighted by Gasteiger charge is -2.15. The number of aliphatic hydroxyl groups excluding tert-OH is 1. The summed E-state index contributed by atoms with van der Waals surface area (Å²) in [5.74, 6) is -1.36. The van der Waals surface area contributed by atoms with E-state index in [2.05, 4.69) is 15.4 Å². The molecule has 3 aromatic rings. The highest BCUT2D eigenvalue weighted by atomic mass is 35.5. The van der Waals surface area contributed by atoms with Crippen molar-refractivity contribution in [1.82, 2.24) is 20.1 Å². The summed E-state index contributed by atoms with van der Waals surface area (Å²) >= 11 is 5.93. The molecule has 1 aromatic carbocycles. The van der Waals surface area contributed by atoms with Gasteiger partial charge in [-0.15, -0.1) is 0 Å². The average molecular weight is 431 g/mol. The average Bonchev–Trinajstić information content (AvgIpc) is 3.13. The third-order valence-corrected chi connectivity index (χ3v) is 4.85. The number of ether oxygens (including phenoxy) is 1. The predicted octanol–water partition coefficient (Wildman–Crippen LogP) is 1.58. The zero-order chi connectivity index (χ0) is 21.3. The largest absolute Gasteiger partial charge is 0.388 e. The summed E-state index contributed by atoms with van der Waals surface area (Å²) in [7, 11) is 0. The molecule has 4 rings (SSSR count). The second-order valence-electron chi connectivity index (χ2n) is 6.71. The van der Waals surface area contributed by atoms with Crippen LogP contribution in [0.3, 0.4) is 0 Å². The van der Waals surface area contributed by atoms with Crippen LogP contribution in [0.5, 0.6) is 0 Å². The molecule has 1 saturated heterocycles. The van der Waals surface area contributed by atoms with Crippen molar-refractivity contribution in [2.45, 2.75) is 12.1 Å². The van der Waals surface area contributed by atoms with Crippen LogP contribution in [0.1, 0.15) is 10.4 Å². The summed E-state index contributed by atoms with van der Waals surface area (Å²) in [6, 6.07) is 8.43. The number of benzene rings is 1. The van der Waals surface area contributed by atoms with Gasteiger partial charge in [0.15, 0.2) is 0 Å². The molecular weight excluding hydrogens is 415 g/mol. The molecule has 0 radical (unpaired) electrons. The van der Waals surface area contributed by atoms with E-state index in [1.165, 1.54) is 12.3 Å². The Morgan fingerprint density at radius 2 is 2.00 bits per heavy atom. The van der Waals surface area contributed by atoms with Crippen molar-refractivity contribution >= 4 is 17.5 Å². The van der Waals surface area contributed by atoms with Gasteiger partial charge in [-0.2, -0.15) is 9.78 Å². The molecule has 2 atom stereocenters. The van der Waals surface area contributed by atoms with Crippen LogP contribution < -0.4 is 10.9 Å². The van der Waals surface area contributed by atoms with Crippen molar-refractivity contribution in [3.63, 3.8) is 0 Å². The number of carbonyl (C=O) groups excluding carboxylic acids is 1. The lowest BCUT2D eigenvalue weighted by atomic mass is 10.1. The molecule has 1 amide bonds. The van der Waals surface area contributed by atoms with Gasteiger partial charge in [0.25, 0.3) is 11.5 Å². The minimum Gasteiger partial charge on any atom is -0.388 e. The third kappa shape index (κ3) is 4.09. The number of aromatic nitrogens is 3. The van der Waals surface area contributed by atoms with Gasteiger partial charge in [-0.1, -0.05) is 23.7 Å². The van der Waals surface area contributed by atoms with Gasteiger partial charge in [-0.25, -0.2) is 4.39 Å².